The smallest absolute Gasteiger partial charge is 0.255 e. The average Bonchev–Trinajstić information content (AvgIpc) is 3.53. The summed E-state index contributed by atoms with van der Waals surface area (Å²) in [5, 5.41) is 8.04. The number of nitrogens with zero attached hydrogens (tertiary/aromatic N) is 2. The molecule has 0 bridgehead atoms. The molecule has 1 amide bonds. The van der Waals surface area contributed by atoms with Crippen LogP contribution in [0, 0.1) is 0 Å². The minimum Gasteiger partial charge on any atom is -0.497 e. The predicted molar refractivity (Wildman–Crippen MR) is 96.7 cm³/mol. The van der Waals surface area contributed by atoms with Gasteiger partial charge in [-0.25, -0.2) is 4.68 Å². The SMILES string of the molecule is COc1ccc(-n2nc(C3CC3)c(C(=O)NC3CC3)c2C(C)C)cc1. The van der Waals surface area contributed by atoms with Gasteiger partial charge < -0.3 is 10.1 Å². The van der Waals surface area contributed by atoms with E-state index in [-0.39, 0.29) is 11.8 Å². The Hall–Kier alpha value is -2.30. The van der Waals surface area contributed by atoms with Gasteiger partial charge in [0.1, 0.15) is 5.75 Å². The molecule has 1 aromatic carbocycles. The lowest BCUT2D eigenvalue weighted by atomic mass is 10.0. The maximum Gasteiger partial charge on any atom is 0.255 e. The number of benzene rings is 1. The third kappa shape index (κ3) is 3.15. The first-order valence-electron chi connectivity index (χ1n) is 9.16. The van der Waals surface area contributed by atoms with Gasteiger partial charge in [-0.1, -0.05) is 13.8 Å². The lowest BCUT2D eigenvalue weighted by Crippen LogP contribution is -2.27. The number of hydrogen-bond acceptors (Lipinski definition) is 3. The van der Waals surface area contributed by atoms with Crippen molar-refractivity contribution in [3.8, 4) is 11.4 Å². The molecule has 2 aliphatic carbocycles. The van der Waals surface area contributed by atoms with E-state index in [2.05, 4.69) is 19.2 Å². The van der Waals surface area contributed by atoms with Gasteiger partial charge >= 0.3 is 0 Å². The standard InChI is InChI=1S/C20H25N3O2/c1-12(2)19-17(20(24)21-14-6-7-14)18(13-4-5-13)22-23(19)15-8-10-16(25-3)11-9-15/h8-14H,4-7H2,1-3H3,(H,21,24). The van der Waals surface area contributed by atoms with Crippen LogP contribution in [0.1, 0.15) is 73.1 Å². The molecule has 0 saturated heterocycles. The van der Waals surface area contributed by atoms with Crippen LogP contribution in [0.15, 0.2) is 24.3 Å². The van der Waals surface area contributed by atoms with Crippen LogP contribution in [-0.4, -0.2) is 28.8 Å². The molecule has 0 atom stereocenters. The quantitative estimate of drug-likeness (QED) is 0.871. The molecule has 132 valence electrons. The van der Waals surface area contributed by atoms with E-state index in [0.29, 0.717) is 12.0 Å². The van der Waals surface area contributed by atoms with Gasteiger partial charge in [0.2, 0.25) is 0 Å². The Morgan fingerprint density at radius 1 is 1.20 bits per heavy atom. The molecule has 25 heavy (non-hydrogen) atoms. The zero-order valence-electron chi connectivity index (χ0n) is 15.1. The van der Waals surface area contributed by atoms with E-state index in [4.69, 9.17) is 9.84 Å². The van der Waals surface area contributed by atoms with Gasteiger partial charge in [-0.2, -0.15) is 5.10 Å². The molecule has 5 nitrogen and oxygen atoms in total. The first-order chi connectivity index (χ1) is 12.1. The molecule has 1 aromatic heterocycles. The predicted octanol–water partition coefficient (Wildman–Crippen LogP) is 3.77. The van der Waals surface area contributed by atoms with E-state index in [1.165, 1.54) is 0 Å². The van der Waals surface area contributed by atoms with Crippen molar-refractivity contribution in [3.05, 3.63) is 41.2 Å². The third-order valence-electron chi connectivity index (χ3n) is 4.92. The fraction of sp³-hybridized carbons (Fsp3) is 0.500. The number of rotatable bonds is 6. The Morgan fingerprint density at radius 3 is 2.40 bits per heavy atom. The number of methoxy groups -OCH3 is 1. The normalized spacial score (nSPS) is 17.0. The van der Waals surface area contributed by atoms with Crippen molar-refractivity contribution in [2.45, 2.75) is 57.4 Å². The number of amides is 1. The first-order valence-corrected chi connectivity index (χ1v) is 9.16. The Labute approximate surface area is 148 Å². The van der Waals surface area contributed by atoms with E-state index in [1.54, 1.807) is 7.11 Å². The monoisotopic (exact) mass is 339 g/mol. The highest BCUT2D eigenvalue weighted by atomic mass is 16.5. The number of hydrogen-bond donors (Lipinski definition) is 1. The van der Waals surface area contributed by atoms with Gasteiger partial charge in [-0.3, -0.25) is 4.79 Å². The maximum atomic E-state index is 12.9. The molecule has 1 heterocycles. The molecule has 2 aliphatic rings. The van der Waals surface area contributed by atoms with Crippen LogP contribution < -0.4 is 10.1 Å². The van der Waals surface area contributed by atoms with Crippen LogP contribution in [0.4, 0.5) is 0 Å². The van der Waals surface area contributed by atoms with Crippen molar-refractivity contribution in [1.82, 2.24) is 15.1 Å². The fourth-order valence-corrected chi connectivity index (χ4v) is 3.26. The zero-order chi connectivity index (χ0) is 17.6. The molecule has 2 saturated carbocycles. The van der Waals surface area contributed by atoms with E-state index in [1.807, 2.05) is 28.9 Å². The van der Waals surface area contributed by atoms with Gasteiger partial charge in [0.05, 0.1) is 29.7 Å². The second-order valence-electron chi connectivity index (χ2n) is 7.43. The number of carbonyl (C=O) groups excluding carboxylic acids is 1. The van der Waals surface area contributed by atoms with Crippen LogP contribution in [0.3, 0.4) is 0 Å². The topological polar surface area (TPSA) is 56.2 Å². The Morgan fingerprint density at radius 2 is 1.88 bits per heavy atom. The van der Waals surface area contributed by atoms with Crippen LogP contribution in [-0.2, 0) is 0 Å². The summed E-state index contributed by atoms with van der Waals surface area (Å²) in [7, 11) is 1.66. The molecular formula is C20H25N3O2. The van der Waals surface area contributed by atoms with Crippen molar-refractivity contribution < 1.29 is 9.53 Å². The molecular weight excluding hydrogens is 314 g/mol. The summed E-state index contributed by atoms with van der Waals surface area (Å²) in [5.41, 5.74) is 3.75. The van der Waals surface area contributed by atoms with E-state index in [0.717, 1.165) is 54.1 Å². The number of nitrogens with one attached hydrogen (secondary N) is 1. The Kier molecular flexibility index (Phi) is 4.02. The minimum absolute atomic E-state index is 0.0489. The summed E-state index contributed by atoms with van der Waals surface area (Å²) in [5.74, 6) is 1.50. The lowest BCUT2D eigenvalue weighted by Gasteiger charge is -2.13. The largest absolute Gasteiger partial charge is 0.497 e. The summed E-state index contributed by atoms with van der Waals surface area (Å²) in [4.78, 5) is 12.9. The number of aromatic nitrogens is 2. The highest BCUT2D eigenvalue weighted by Gasteiger charge is 2.36. The zero-order valence-corrected chi connectivity index (χ0v) is 15.1. The van der Waals surface area contributed by atoms with Gasteiger partial charge in [0, 0.05) is 12.0 Å². The van der Waals surface area contributed by atoms with Gasteiger partial charge in [-0.05, 0) is 55.9 Å². The molecule has 0 aliphatic heterocycles. The summed E-state index contributed by atoms with van der Waals surface area (Å²) in [6, 6.07) is 8.21. The first kappa shape index (κ1) is 16.2. The summed E-state index contributed by atoms with van der Waals surface area (Å²) in [6.45, 7) is 4.25. The van der Waals surface area contributed by atoms with Gasteiger partial charge in [0.25, 0.3) is 5.91 Å². The van der Waals surface area contributed by atoms with E-state index >= 15 is 0 Å². The lowest BCUT2D eigenvalue weighted by molar-refractivity contribution is 0.0948. The highest BCUT2D eigenvalue weighted by molar-refractivity contribution is 5.97. The molecule has 5 heteroatoms. The molecule has 0 radical (unpaired) electrons. The van der Waals surface area contributed by atoms with Crippen molar-refractivity contribution in [3.63, 3.8) is 0 Å². The second-order valence-corrected chi connectivity index (χ2v) is 7.43. The summed E-state index contributed by atoms with van der Waals surface area (Å²) >= 11 is 0. The minimum atomic E-state index is 0.0489. The number of carbonyl (C=O) groups is 1. The molecule has 4 rings (SSSR count). The van der Waals surface area contributed by atoms with Crippen molar-refractivity contribution in [1.29, 1.82) is 0 Å². The van der Waals surface area contributed by atoms with Crippen LogP contribution in [0.25, 0.3) is 5.69 Å². The van der Waals surface area contributed by atoms with Crippen LogP contribution in [0.5, 0.6) is 5.75 Å². The Bertz CT molecular complexity index is 784. The molecule has 0 unspecified atom stereocenters. The van der Waals surface area contributed by atoms with Gasteiger partial charge in [-0.15, -0.1) is 0 Å². The molecule has 2 fully saturated rings. The highest BCUT2D eigenvalue weighted by Crippen LogP contribution is 2.43. The fourth-order valence-electron chi connectivity index (χ4n) is 3.26. The van der Waals surface area contributed by atoms with Crippen molar-refractivity contribution in [2.24, 2.45) is 0 Å². The maximum absolute atomic E-state index is 12.9. The van der Waals surface area contributed by atoms with Crippen molar-refractivity contribution >= 4 is 5.91 Å². The van der Waals surface area contributed by atoms with Crippen molar-refractivity contribution in [2.75, 3.05) is 7.11 Å². The summed E-state index contributed by atoms with van der Waals surface area (Å²) in [6.07, 6.45) is 4.43. The van der Waals surface area contributed by atoms with E-state index in [9.17, 15) is 4.79 Å². The third-order valence-corrected chi connectivity index (χ3v) is 4.92. The van der Waals surface area contributed by atoms with Gasteiger partial charge in [0.15, 0.2) is 0 Å². The van der Waals surface area contributed by atoms with E-state index < -0.39 is 0 Å². The van der Waals surface area contributed by atoms with Crippen LogP contribution in [0.2, 0.25) is 0 Å². The molecule has 2 aromatic rings. The Balaban J connectivity index is 1.80. The summed E-state index contributed by atoms with van der Waals surface area (Å²) < 4.78 is 7.21. The molecule has 0 spiro atoms. The second kappa shape index (κ2) is 6.21. The van der Waals surface area contributed by atoms with Crippen LogP contribution >= 0.6 is 0 Å². The molecule has 1 N–H and O–H groups in total. The number of ether oxygens (including phenoxy) is 1. The average molecular weight is 339 g/mol.